The molecule has 2 aromatic carbocycles. The van der Waals surface area contributed by atoms with Crippen LogP contribution in [0.3, 0.4) is 0 Å². The fourth-order valence-corrected chi connectivity index (χ4v) is 6.19. The van der Waals surface area contributed by atoms with Gasteiger partial charge >= 0.3 is 5.97 Å². The summed E-state index contributed by atoms with van der Waals surface area (Å²) in [5.41, 5.74) is 1.05. The van der Waals surface area contributed by atoms with Crippen LogP contribution in [0.1, 0.15) is 73.3 Å². The molecule has 0 N–H and O–H groups in total. The van der Waals surface area contributed by atoms with Crippen LogP contribution < -0.4 is 10.3 Å². The fraction of sp³-hybridized carbons (Fsp3) is 0.433. The van der Waals surface area contributed by atoms with Crippen LogP contribution in [0, 0.1) is 5.92 Å². The standard InChI is InChI=1S/C30H33N3O5/c1-3-32(18-21-10-6-4-7-11-21)30-16-14-22(15-17-30)19-33-26(34)25(38-27(35)23-12-8-5-9-13-23)24(31-29(30)33)28-36-20(2)37-28/h4-13,20,22,28H,3,14-19H2,1-2H3. The van der Waals surface area contributed by atoms with Crippen molar-refractivity contribution in [2.45, 2.75) is 70.7 Å². The number of hydrogen-bond acceptors (Lipinski definition) is 7. The van der Waals surface area contributed by atoms with Crippen molar-refractivity contribution in [3.05, 3.63) is 93.7 Å². The molecule has 4 heterocycles. The third kappa shape index (κ3) is 4.36. The van der Waals surface area contributed by atoms with E-state index < -0.39 is 24.1 Å². The van der Waals surface area contributed by atoms with Crippen molar-refractivity contribution >= 4 is 5.97 Å². The SMILES string of the molecule is CCN(Cc1ccccc1)C12CCC(CC1)Cn1c2nc(C2OC(C)O2)c(OC(=O)c2ccccc2)c1=O. The lowest BCUT2D eigenvalue weighted by atomic mass is 9.76. The molecule has 0 amide bonds. The van der Waals surface area contributed by atoms with Crippen molar-refractivity contribution < 1.29 is 19.0 Å². The molecule has 0 unspecified atom stereocenters. The highest BCUT2D eigenvalue weighted by Gasteiger charge is 2.49. The third-order valence-corrected chi connectivity index (χ3v) is 8.20. The Bertz CT molecular complexity index is 1360. The van der Waals surface area contributed by atoms with Gasteiger partial charge in [-0.3, -0.25) is 14.3 Å². The molecule has 2 bridgehead atoms. The Kier molecular flexibility index (Phi) is 6.63. The van der Waals surface area contributed by atoms with Gasteiger partial charge in [0.05, 0.1) is 11.1 Å². The van der Waals surface area contributed by atoms with E-state index in [-0.39, 0.29) is 17.0 Å². The molecular formula is C30H33N3O5. The molecule has 0 atom stereocenters. The maximum absolute atomic E-state index is 14.1. The number of ether oxygens (including phenoxy) is 3. The van der Waals surface area contributed by atoms with Crippen molar-refractivity contribution in [3.8, 4) is 5.75 Å². The summed E-state index contributed by atoms with van der Waals surface area (Å²) in [6.45, 7) is 6.07. The predicted octanol–water partition coefficient (Wildman–Crippen LogP) is 4.78. The largest absolute Gasteiger partial charge is 0.415 e. The van der Waals surface area contributed by atoms with Gasteiger partial charge in [-0.2, -0.15) is 0 Å². The summed E-state index contributed by atoms with van der Waals surface area (Å²) >= 11 is 0. The third-order valence-electron chi connectivity index (χ3n) is 8.20. The second-order valence-corrected chi connectivity index (χ2v) is 10.5. The van der Waals surface area contributed by atoms with E-state index in [4.69, 9.17) is 19.2 Å². The Labute approximate surface area is 222 Å². The van der Waals surface area contributed by atoms with Gasteiger partial charge in [0, 0.05) is 13.1 Å². The van der Waals surface area contributed by atoms with Crippen LogP contribution in [-0.4, -0.2) is 33.3 Å². The Balaban J connectivity index is 1.47. The van der Waals surface area contributed by atoms with Gasteiger partial charge in [0.15, 0.2) is 6.29 Å². The van der Waals surface area contributed by atoms with Crippen LogP contribution in [0.5, 0.6) is 5.75 Å². The van der Waals surface area contributed by atoms with Crippen LogP contribution in [0.2, 0.25) is 0 Å². The molecule has 8 nitrogen and oxygen atoms in total. The minimum absolute atomic E-state index is 0.109. The number of aromatic nitrogens is 2. The highest BCUT2D eigenvalue weighted by Crippen LogP contribution is 2.48. The lowest BCUT2D eigenvalue weighted by molar-refractivity contribution is -0.384. The second-order valence-electron chi connectivity index (χ2n) is 10.5. The number of esters is 1. The lowest BCUT2D eigenvalue weighted by Gasteiger charge is -2.45. The zero-order valence-corrected chi connectivity index (χ0v) is 21.8. The van der Waals surface area contributed by atoms with Gasteiger partial charge in [-0.1, -0.05) is 55.5 Å². The zero-order chi connectivity index (χ0) is 26.3. The summed E-state index contributed by atoms with van der Waals surface area (Å²) in [6, 6.07) is 19.1. The maximum Gasteiger partial charge on any atom is 0.343 e. The number of rotatable bonds is 7. The fourth-order valence-electron chi connectivity index (χ4n) is 6.19. The van der Waals surface area contributed by atoms with E-state index in [9.17, 15) is 9.59 Å². The molecule has 1 saturated carbocycles. The number of carbonyl (C=O) groups excluding carboxylic acids is 1. The molecule has 198 valence electrons. The lowest BCUT2D eigenvalue weighted by Crippen LogP contribution is -2.50. The Morgan fingerprint density at radius 2 is 1.74 bits per heavy atom. The molecule has 3 aromatic rings. The van der Waals surface area contributed by atoms with Crippen LogP contribution in [0.4, 0.5) is 0 Å². The van der Waals surface area contributed by atoms with Gasteiger partial charge in [-0.25, -0.2) is 9.78 Å². The Morgan fingerprint density at radius 3 is 2.37 bits per heavy atom. The first kappa shape index (κ1) is 25.0. The summed E-state index contributed by atoms with van der Waals surface area (Å²) in [5, 5.41) is 0. The normalized spacial score (nSPS) is 25.9. The number of carbonyl (C=O) groups is 1. The van der Waals surface area contributed by atoms with E-state index in [0.717, 1.165) is 44.6 Å². The first-order chi connectivity index (χ1) is 18.5. The molecule has 1 aliphatic carbocycles. The minimum Gasteiger partial charge on any atom is -0.415 e. The van der Waals surface area contributed by atoms with Crippen molar-refractivity contribution in [3.63, 3.8) is 0 Å². The zero-order valence-electron chi connectivity index (χ0n) is 21.8. The van der Waals surface area contributed by atoms with Crippen LogP contribution in [0.15, 0.2) is 65.5 Å². The number of benzene rings is 2. The molecule has 38 heavy (non-hydrogen) atoms. The molecule has 7 rings (SSSR count). The van der Waals surface area contributed by atoms with Gasteiger partial charge in [-0.15, -0.1) is 0 Å². The van der Waals surface area contributed by atoms with E-state index in [0.29, 0.717) is 18.0 Å². The highest BCUT2D eigenvalue weighted by atomic mass is 16.9. The van der Waals surface area contributed by atoms with Crippen molar-refractivity contribution in [1.29, 1.82) is 0 Å². The topological polar surface area (TPSA) is 82.9 Å². The second kappa shape index (κ2) is 10.1. The predicted molar refractivity (Wildman–Crippen MR) is 140 cm³/mol. The van der Waals surface area contributed by atoms with Gasteiger partial charge in [0.1, 0.15) is 11.5 Å². The maximum atomic E-state index is 14.1. The average molecular weight is 516 g/mol. The van der Waals surface area contributed by atoms with Crippen LogP contribution >= 0.6 is 0 Å². The van der Waals surface area contributed by atoms with Crippen molar-refractivity contribution in [2.24, 2.45) is 5.92 Å². The van der Waals surface area contributed by atoms with Crippen molar-refractivity contribution in [1.82, 2.24) is 14.5 Å². The number of hydrogen-bond donors (Lipinski definition) is 0. The molecule has 8 heteroatoms. The molecule has 2 fully saturated rings. The molecule has 0 spiro atoms. The van der Waals surface area contributed by atoms with E-state index in [1.165, 1.54) is 5.56 Å². The number of nitrogens with zero attached hydrogens (tertiary/aromatic N) is 3. The molecule has 0 radical (unpaired) electrons. The van der Waals surface area contributed by atoms with Gasteiger partial charge in [0.2, 0.25) is 12.0 Å². The summed E-state index contributed by atoms with van der Waals surface area (Å²) in [4.78, 5) is 34.7. The average Bonchev–Trinajstić information content (AvgIpc) is 3.19. The van der Waals surface area contributed by atoms with E-state index in [1.807, 2.05) is 12.1 Å². The minimum atomic E-state index is -0.858. The highest BCUT2D eigenvalue weighted by molar-refractivity contribution is 5.91. The Morgan fingerprint density at radius 1 is 1.08 bits per heavy atom. The molecular weight excluding hydrogens is 482 g/mol. The molecule has 4 aliphatic rings. The molecule has 3 aliphatic heterocycles. The molecule has 1 saturated heterocycles. The van der Waals surface area contributed by atoms with Crippen molar-refractivity contribution in [2.75, 3.05) is 6.54 Å². The first-order valence-corrected chi connectivity index (χ1v) is 13.5. The molecule has 1 aromatic heterocycles. The van der Waals surface area contributed by atoms with Gasteiger partial charge in [0.25, 0.3) is 5.56 Å². The van der Waals surface area contributed by atoms with E-state index >= 15 is 0 Å². The van der Waals surface area contributed by atoms with Crippen LogP contribution in [-0.2, 0) is 28.1 Å². The Hall–Kier alpha value is -3.33. The quantitative estimate of drug-likeness (QED) is 0.419. The summed E-state index contributed by atoms with van der Waals surface area (Å²) in [5.74, 6) is 0.381. The van der Waals surface area contributed by atoms with E-state index in [2.05, 4.69) is 36.1 Å². The summed E-state index contributed by atoms with van der Waals surface area (Å²) in [6.07, 6.45) is 2.57. The first-order valence-electron chi connectivity index (χ1n) is 13.5. The smallest absolute Gasteiger partial charge is 0.343 e. The summed E-state index contributed by atoms with van der Waals surface area (Å²) in [7, 11) is 0. The number of fused-ring (bicyclic) bond motifs is 2. The monoisotopic (exact) mass is 515 g/mol. The van der Waals surface area contributed by atoms with Crippen LogP contribution in [0.25, 0.3) is 0 Å². The summed E-state index contributed by atoms with van der Waals surface area (Å²) < 4.78 is 19.1. The van der Waals surface area contributed by atoms with E-state index in [1.54, 1.807) is 35.8 Å². The van der Waals surface area contributed by atoms with Gasteiger partial charge < -0.3 is 14.2 Å². The van der Waals surface area contributed by atoms with Gasteiger partial charge in [-0.05, 0) is 62.8 Å².